The van der Waals surface area contributed by atoms with Crippen LogP contribution in [-0.4, -0.2) is 0 Å². The first-order valence-electron chi connectivity index (χ1n) is 5.82. The third-order valence-electron chi connectivity index (χ3n) is 2.83. The standard InChI is InChI=1S/C14H18S/c1-3-5-11-7-13-9-15-10-14(13)8-12(11)6-4-2/h7-10H,3-6H2,1-2H3. The van der Waals surface area contributed by atoms with Crippen molar-refractivity contribution >= 4 is 22.1 Å². The average Bonchev–Trinajstić information content (AvgIpc) is 2.66. The Kier molecular flexibility index (Phi) is 3.42. The molecular weight excluding hydrogens is 200 g/mol. The number of fused-ring (bicyclic) bond motifs is 1. The highest BCUT2D eigenvalue weighted by molar-refractivity contribution is 7.09. The molecule has 0 saturated carbocycles. The lowest BCUT2D eigenvalue weighted by molar-refractivity contribution is 0.864. The third kappa shape index (κ3) is 2.23. The molecule has 0 atom stereocenters. The van der Waals surface area contributed by atoms with Crippen LogP contribution in [0.5, 0.6) is 0 Å². The molecule has 0 amide bonds. The Hall–Kier alpha value is -0.820. The lowest BCUT2D eigenvalue weighted by atomic mass is 9.97. The largest absolute Gasteiger partial charge is 0.151 e. The fourth-order valence-electron chi connectivity index (χ4n) is 2.12. The van der Waals surface area contributed by atoms with Crippen molar-refractivity contribution < 1.29 is 0 Å². The molecule has 0 bridgehead atoms. The molecule has 0 N–H and O–H groups in total. The summed E-state index contributed by atoms with van der Waals surface area (Å²) in [6.07, 6.45) is 4.93. The van der Waals surface area contributed by atoms with Crippen LogP contribution in [0.1, 0.15) is 37.8 Å². The van der Waals surface area contributed by atoms with Crippen molar-refractivity contribution in [2.45, 2.75) is 39.5 Å². The van der Waals surface area contributed by atoms with Crippen LogP contribution < -0.4 is 0 Å². The van der Waals surface area contributed by atoms with Crippen LogP contribution in [0, 0.1) is 0 Å². The molecule has 2 rings (SSSR count). The minimum atomic E-state index is 1.22. The summed E-state index contributed by atoms with van der Waals surface area (Å²) in [6, 6.07) is 4.78. The van der Waals surface area contributed by atoms with Gasteiger partial charge < -0.3 is 0 Å². The van der Waals surface area contributed by atoms with Crippen molar-refractivity contribution in [3.8, 4) is 0 Å². The minimum absolute atomic E-state index is 1.22. The second kappa shape index (κ2) is 4.80. The normalized spacial score (nSPS) is 11.1. The molecule has 0 unspecified atom stereocenters. The van der Waals surface area contributed by atoms with Gasteiger partial charge in [0.15, 0.2) is 0 Å². The van der Waals surface area contributed by atoms with E-state index in [0.29, 0.717) is 0 Å². The highest BCUT2D eigenvalue weighted by Crippen LogP contribution is 2.25. The third-order valence-corrected chi connectivity index (χ3v) is 3.61. The first kappa shape index (κ1) is 10.7. The number of benzene rings is 1. The van der Waals surface area contributed by atoms with Crippen LogP contribution in [-0.2, 0) is 12.8 Å². The number of rotatable bonds is 4. The molecule has 0 nitrogen and oxygen atoms in total. The Balaban J connectivity index is 2.47. The molecule has 0 aliphatic heterocycles. The zero-order chi connectivity index (χ0) is 10.7. The molecule has 1 aromatic heterocycles. The van der Waals surface area contributed by atoms with E-state index in [-0.39, 0.29) is 0 Å². The zero-order valence-electron chi connectivity index (χ0n) is 9.55. The van der Waals surface area contributed by atoms with Crippen LogP contribution in [0.25, 0.3) is 10.8 Å². The van der Waals surface area contributed by atoms with Crippen molar-refractivity contribution in [2.75, 3.05) is 0 Å². The van der Waals surface area contributed by atoms with Crippen molar-refractivity contribution in [1.82, 2.24) is 0 Å². The van der Waals surface area contributed by atoms with Gasteiger partial charge in [0.1, 0.15) is 0 Å². The van der Waals surface area contributed by atoms with Crippen molar-refractivity contribution in [3.63, 3.8) is 0 Å². The molecular formula is C14H18S. The first-order valence-corrected chi connectivity index (χ1v) is 6.77. The van der Waals surface area contributed by atoms with Crippen molar-refractivity contribution in [1.29, 1.82) is 0 Å². The number of aryl methyl sites for hydroxylation is 2. The summed E-state index contributed by atoms with van der Waals surface area (Å²) < 4.78 is 0. The number of hydrogen-bond donors (Lipinski definition) is 0. The van der Waals surface area contributed by atoms with E-state index in [1.807, 2.05) is 0 Å². The van der Waals surface area contributed by atoms with Gasteiger partial charge in [-0.15, -0.1) is 0 Å². The molecule has 0 fully saturated rings. The predicted octanol–water partition coefficient (Wildman–Crippen LogP) is 4.81. The summed E-state index contributed by atoms with van der Waals surface area (Å²) in [7, 11) is 0. The maximum atomic E-state index is 2.39. The highest BCUT2D eigenvalue weighted by atomic mass is 32.1. The fraction of sp³-hybridized carbons (Fsp3) is 0.429. The summed E-state index contributed by atoms with van der Waals surface area (Å²) in [5.41, 5.74) is 3.12. The molecule has 0 aliphatic rings. The predicted molar refractivity (Wildman–Crippen MR) is 69.8 cm³/mol. The Morgan fingerprint density at radius 1 is 0.867 bits per heavy atom. The topological polar surface area (TPSA) is 0 Å². The first-order chi connectivity index (χ1) is 7.35. The minimum Gasteiger partial charge on any atom is -0.151 e. The van der Waals surface area contributed by atoms with E-state index >= 15 is 0 Å². The SMILES string of the molecule is CCCc1cc2cscc2cc1CCC. The second-order valence-corrected chi connectivity index (χ2v) is 4.87. The zero-order valence-corrected chi connectivity index (χ0v) is 10.4. The molecule has 0 saturated heterocycles. The average molecular weight is 218 g/mol. The Bertz CT molecular complexity index is 400. The quantitative estimate of drug-likeness (QED) is 0.691. The van der Waals surface area contributed by atoms with E-state index in [4.69, 9.17) is 0 Å². The molecule has 80 valence electrons. The Morgan fingerprint density at radius 2 is 1.33 bits per heavy atom. The van der Waals surface area contributed by atoms with E-state index in [0.717, 1.165) is 0 Å². The molecule has 1 heterocycles. The molecule has 15 heavy (non-hydrogen) atoms. The van der Waals surface area contributed by atoms with Crippen molar-refractivity contribution in [2.24, 2.45) is 0 Å². The van der Waals surface area contributed by atoms with Gasteiger partial charge in [0.25, 0.3) is 0 Å². The van der Waals surface area contributed by atoms with E-state index in [9.17, 15) is 0 Å². The van der Waals surface area contributed by atoms with Gasteiger partial charge in [0, 0.05) is 0 Å². The lowest BCUT2D eigenvalue weighted by Crippen LogP contribution is -1.93. The summed E-state index contributed by atoms with van der Waals surface area (Å²) in [4.78, 5) is 0. The number of thiophene rings is 1. The molecule has 1 aromatic carbocycles. The summed E-state index contributed by atoms with van der Waals surface area (Å²) in [5, 5.41) is 7.35. The van der Waals surface area contributed by atoms with Crippen LogP contribution >= 0.6 is 11.3 Å². The molecule has 0 radical (unpaired) electrons. The van der Waals surface area contributed by atoms with Crippen LogP contribution in [0.3, 0.4) is 0 Å². The van der Waals surface area contributed by atoms with Gasteiger partial charge in [-0.25, -0.2) is 0 Å². The van der Waals surface area contributed by atoms with Crippen LogP contribution in [0.4, 0.5) is 0 Å². The van der Waals surface area contributed by atoms with Gasteiger partial charge in [0.2, 0.25) is 0 Å². The monoisotopic (exact) mass is 218 g/mol. The lowest BCUT2D eigenvalue weighted by Gasteiger charge is -2.08. The summed E-state index contributed by atoms with van der Waals surface area (Å²) in [5.74, 6) is 0. The van der Waals surface area contributed by atoms with E-state index in [1.165, 1.54) is 36.5 Å². The maximum absolute atomic E-state index is 2.39. The Labute approximate surface area is 95.9 Å². The highest BCUT2D eigenvalue weighted by Gasteiger charge is 2.04. The number of hydrogen-bond acceptors (Lipinski definition) is 1. The molecule has 2 aromatic rings. The van der Waals surface area contributed by atoms with Crippen LogP contribution in [0.2, 0.25) is 0 Å². The Morgan fingerprint density at radius 3 is 1.73 bits per heavy atom. The van der Waals surface area contributed by atoms with Gasteiger partial charge in [-0.2, -0.15) is 11.3 Å². The van der Waals surface area contributed by atoms with Crippen LogP contribution in [0.15, 0.2) is 22.9 Å². The molecule has 0 spiro atoms. The summed E-state index contributed by atoms with van der Waals surface area (Å²) in [6.45, 7) is 4.51. The maximum Gasteiger partial charge on any atom is -0.00144 e. The van der Waals surface area contributed by atoms with E-state index < -0.39 is 0 Å². The van der Waals surface area contributed by atoms with Crippen molar-refractivity contribution in [3.05, 3.63) is 34.0 Å². The molecule has 1 heteroatoms. The van der Waals surface area contributed by atoms with E-state index in [1.54, 1.807) is 22.5 Å². The van der Waals surface area contributed by atoms with Gasteiger partial charge in [-0.05, 0) is 45.5 Å². The fourth-order valence-corrected chi connectivity index (χ4v) is 2.89. The van der Waals surface area contributed by atoms with Gasteiger partial charge in [0.05, 0.1) is 0 Å². The van der Waals surface area contributed by atoms with Gasteiger partial charge in [-0.3, -0.25) is 0 Å². The molecule has 0 aliphatic carbocycles. The second-order valence-electron chi connectivity index (χ2n) is 4.12. The van der Waals surface area contributed by atoms with Gasteiger partial charge in [-0.1, -0.05) is 38.8 Å². The summed E-state index contributed by atoms with van der Waals surface area (Å²) >= 11 is 1.81. The van der Waals surface area contributed by atoms with E-state index in [2.05, 4.69) is 36.7 Å². The van der Waals surface area contributed by atoms with Gasteiger partial charge >= 0.3 is 0 Å². The smallest absolute Gasteiger partial charge is 0.00144 e.